The fraction of sp³-hybridized carbons (Fsp3) is 0.650. The van der Waals surface area contributed by atoms with Crippen molar-refractivity contribution >= 4 is 5.96 Å². The standard InChI is InChI=1S/C20H33N3O2/c1-3-21-19(22-14-9-15-25-18-12-7-8-13-18)23-16-20(2,24)17-10-5-4-6-11-17/h4-6,10-11,18,24H,3,7-9,12-16H2,1-2H3,(H2,21,22,23). The highest BCUT2D eigenvalue weighted by atomic mass is 16.5. The maximum absolute atomic E-state index is 10.7. The Morgan fingerprint density at radius 3 is 2.64 bits per heavy atom. The van der Waals surface area contributed by atoms with Gasteiger partial charge in [-0.1, -0.05) is 43.2 Å². The van der Waals surface area contributed by atoms with Gasteiger partial charge >= 0.3 is 0 Å². The molecule has 0 bridgehead atoms. The molecule has 0 aliphatic heterocycles. The molecule has 0 radical (unpaired) electrons. The number of aliphatic hydroxyl groups is 1. The van der Waals surface area contributed by atoms with Gasteiger partial charge < -0.3 is 20.5 Å². The minimum atomic E-state index is -0.977. The van der Waals surface area contributed by atoms with Crippen LogP contribution in [0.2, 0.25) is 0 Å². The lowest BCUT2D eigenvalue weighted by Gasteiger charge is -2.22. The van der Waals surface area contributed by atoms with Crippen LogP contribution in [-0.2, 0) is 10.3 Å². The van der Waals surface area contributed by atoms with Crippen LogP contribution in [-0.4, -0.2) is 43.4 Å². The molecule has 0 amide bonds. The van der Waals surface area contributed by atoms with Crippen LogP contribution in [0.1, 0.15) is 51.5 Å². The Morgan fingerprint density at radius 1 is 1.24 bits per heavy atom. The number of rotatable bonds is 9. The molecule has 25 heavy (non-hydrogen) atoms. The Labute approximate surface area is 151 Å². The number of hydrogen-bond donors (Lipinski definition) is 3. The van der Waals surface area contributed by atoms with Crippen molar-refractivity contribution in [2.45, 2.75) is 57.7 Å². The highest BCUT2D eigenvalue weighted by molar-refractivity contribution is 5.79. The monoisotopic (exact) mass is 347 g/mol. The number of ether oxygens (including phenoxy) is 1. The van der Waals surface area contributed by atoms with E-state index in [1.54, 1.807) is 6.92 Å². The lowest BCUT2D eigenvalue weighted by molar-refractivity contribution is 0.0573. The fourth-order valence-corrected chi connectivity index (χ4v) is 3.05. The van der Waals surface area contributed by atoms with Crippen molar-refractivity contribution in [2.24, 2.45) is 4.99 Å². The van der Waals surface area contributed by atoms with Gasteiger partial charge in [0, 0.05) is 19.7 Å². The second kappa shape index (κ2) is 10.4. The first-order chi connectivity index (χ1) is 12.1. The summed E-state index contributed by atoms with van der Waals surface area (Å²) in [7, 11) is 0. The van der Waals surface area contributed by atoms with Gasteiger partial charge in [-0.05, 0) is 38.7 Å². The van der Waals surface area contributed by atoms with Crippen molar-refractivity contribution in [3.05, 3.63) is 35.9 Å². The van der Waals surface area contributed by atoms with Gasteiger partial charge in [0.25, 0.3) is 0 Å². The molecule has 1 atom stereocenters. The lowest BCUT2D eigenvalue weighted by atomic mass is 9.96. The summed E-state index contributed by atoms with van der Waals surface area (Å²) in [5.74, 6) is 0.736. The first kappa shape index (κ1) is 19.7. The second-order valence-electron chi connectivity index (χ2n) is 6.89. The van der Waals surface area contributed by atoms with Gasteiger partial charge in [-0.3, -0.25) is 0 Å². The predicted octanol–water partition coefficient (Wildman–Crippen LogP) is 2.80. The van der Waals surface area contributed by atoms with Crippen LogP contribution in [0.4, 0.5) is 0 Å². The van der Waals surface area contributed by atoms with Gasteiger partial charge in [0.05, 0.1) is 12.6 Å². The maximum atomic E-state index is 10.7. The molecule has 2 rings (SSSR count). The SMILES string of the molecule is CCNC(=NCC(C)(O)c1ccccc1)NCCCOC1CCCC1. The van der Waals surface area contributed by atoms with E-state index in [4.69, 9.17) is 4.74 Å². The highest BCUT2D eigenvalue weighted by Gasteiger charge is 2.22. The van der Waals surface area contributed by atoms with Gasteiger partial charge in [0.1, 0.15) is 5.60 Å². The zero-order chi connectivity index (χ0) is 18.0. The zero-order valence-corrected chi connectivity index (χ0v) is 15.6. The van der Waals surface area contributed by atoms with Crippen molar-refractivity contribution in [1.82, 2.24) is 10.6 Å². The van der Waals surface area contributed by atoms with E-state index in [9.17, 15) is 5.11 Å². The molecule has 1 fully saturated rings. The van der Waals surface area contributed by atoms with Gasteiger partial charge in [0.2, 0.25) is 0 Å². The van der Waals surface area contributed by atoms with E-state index in [-0.39, 0.29) is 0 Å². The molecule has 0 aromatic heterocycles. The van der Waals surface area contributed by atoms with Gasteiger partial charge in [-0.25, -0.2) is 4.99 Å². The van der Waals surface area contributed by atoms with E-state index in [2.05, 4.69) is 15.6 Å². The molecule has 1 aromatic carbocycles. The first-order valence-electron chi connectivity index (χ1n) is 9.53. The molecular formula is C20H33N3O2. The number of nitrogens with zero attached hydrogens (tertiary/aromatic N) is 1. The van der Waals surface area contributed by atoms with Crippen LogP contribution in [0.25, 0.3) is 0 Å². The first-order valence-corrected chi connectivity index (χ1v) is 9.53. The smallest absolute Gasteiger partial charge is 0.191 e. The molecule has 1 unspecified atom stereocenters. The van der Waals surface area contributed by atoms with Gasteiger partial charge in [-0.15, -0.1) is 0 Å². The molecule has 5 nitrogen and oxygen atoms in total. The van der Waals surface area contributed by atoms with Crippen molar-refractivity contribution in [1.29, 1.82) is 0 Å². The Hall–Kier alpha value is -1.59. The predicted molar refractivity (Wildman–Crippen MR) is 103 cm³/mol. The fourth-order valence-electron chi connectivity index (χ4n) is 3.05. The quantitative estimate of drug-likeness (QED) is 0.365. The minimum Gasteiger partial charge on any atom is -0.384 e. The van der Waals surface area contributed by atoms with Gasteiger partial charge in [0.15, 0.2) is 5.96 Å². The summed E-state index contributed by atoms with van der Waals surface area (Å²) < 4.78 is 5.88. The summed E-state index contributed by atoms with van der Waals surface area (Å²) in [5.41, 5.74) is -0.102. The van der Waals surface area contributed by atoms with E-state index in [1.165, 1.54) is 25.7 Å². The van der Waals surface area contributed by atoms with E-state index in [1.807, 2.05) is 37.3 Å². The Morgan fingerprint density at radius 2 is 1.96 bits per heavy atom. The van der Waals surface area contributed by atoms with E-state index in [0.717, 1.165) is 37.6 Å². The van der Waals surface area contributed by atoms with Crippen molar-refractivity contribution < 1.29 is 9.84 Å². The van der Waals surface area contributed by atoms with E-state index in [0.29, 0.717) is 12.6 Å². The maximum Gasteiger partial charge on any atom is 0.191 e. The summed E-state index contributed by atoms with van der Waals surface area (Å²) in [6, 6.07) is 9.66. The van der Waals surface area contributed by atoms with Crippen LogP contribution in [0, 0.1) is 0 Å². The van der Waals surface area contributed by atoms with Crippen molar-refractivity contribution in [3.8, 4) is 0 Å². The highest BCUT2D eigenvalue weighted by Crippen LogP contribution is 2.21. The Kier molecular flexibility index (Phi) is 8.22. The van der Waals surface area contributed by atoms with Crippen LogP contribution in [0.5, 0.6) is 0 Å². The third kappa shape index (κ3) is 7.04. The average Bonchev–Trinajstić information content (AvgIpc) is 3.13. The number of hydrogen-bond acceptors (Lipinski definition) is 3. The molecule has 0 heterocycles. The molecule has 140 valence electrons. The molecule has 3 N–H and O–H groups in total. The van der Waals surface area contributed by atoms with Crippen molar-refractivity contribution in [2.75, 3.05) is 26.2 Å². The number of benzene rings is 1. The van der Waals surface area contributed by atoms with Gasteiger partial charge in [-0.2, -0.15) is 0 Å². The molecule has 0 spiro atoms. The molecule has 1 aromatic rings. The molecular weight excluding hydrogens is 314 g/mol. The molecule has 1 aliphatic rings. The third-order valence-corrected chi connectivity index (χ3v) is 4.55. The van der Waals surface area contributed by atoms with Crippen molar-refractivity contribution in [3.63, 3.8) is 0 Å². The number of aliphatic imine (C=N–C) groups is 1. The van der Waals surface area contributed by atoms with Crippen LogP contribution >= 0.6 is 0 Å². The Bertz CT molecular complexity index is 511. The molecule has 1 saturated carbocycles. The van der Waals surface area contributed by atoms with E-state index < -0.39 is 5.60 Å². The summed E-state index contributed by atoms with van der Waals surface area (Å²) in [4.78, 5) is 4.54. The summed E-state index contributed by atoms with van der Waals surface area (Å²) >= 11 is 0. The second-order valence-corrected chi connectivity index (χ2v) is 6.89. The largest absolute Gasteiger partial charge is 0.384 e. The summed E-state index contributed by atoms with van der Waals surface area (Å²) in [6.45, 7) is 6.54. The van der Waals surface area contributed by atoms with Crippen LogP contribution in [0.15, 0.2) is 35.3 Å². The normalized spacial score (nSPS) is 18.1. The Balaban J connectivity index is 1.75. The van der Waals surface area contributed by atoms with E-state index >= 15 is 0 Å². The third-order valence-electron chi connectivity index (χ3n) is 4.55. The average molecular weight is 348 g/mol. The molecule has 5 heteroatoms. The molecule has 0 saturated heterocycles. The number of nitrogens with one attached hydrogen (secondary N) is 2. The number of guanidine groups is 1. The minimum absolute atomic E-state index is 0.310. The molecule has 1 aliphatic carbocycles. The lowest BCUT2D eigenvalue weighted by Crippen LogP contribution is -2.39. The topological polar surface area (TPSA) is 65.9 Å². The summed E-state index contributed by atoms with van der Waals surface area (Å²) in [5, 5.41) is 17.2. The van der Waals surface area contributed by atoms with Crippen LogP contribution < -0.4 is 10.6 Å². The summed E-state index contributed by atoms with van der Waals surface area (Å²) in [6.07, 6.45) is 6.47. The zero-order valence-electron chi connectivity index (χ0n) is 15.6. The van der Waals surface area contributed by atoms with Crippen LogP contribution in [0.3, 0.4) is 0 Å².